The molecule has 1 fully saturated rings. The number of benzene rings is 1. The van der Waals surface area contributed by atoms with Crippen molar-refractivity contribution in [2.24, 2.45) is 0 Å². The van der Waals surface area contributed by atoms with E-state index >= 15 is 0 Å². The van der Waals surface area contributed by atoms with Gasteiger partial charge in [-0.2, -0.15) is 0 Å². The number of hydrogen-bond acceptors (Lipinski definition) is 4. The van der Waals surface area contributed by atoms with Crippen molar-refractivity contribution >= 4 is 11.4 Å². The van der Waals surface area contributed by atoms with Crippen LogP contribution in [-0.2, 0) is 0 Å². The predicted octanol–water partition coefficient (Wildman–Crippen LogP) is 1.63. The molecule has 0 atom stereocenters. The number of nitrogens with zero attached hydrogens (tertiary/aromatic N) is 1. The van der Waals surface area contributed by atoms with Crippen LogP contribution < -0.4 is 15.4 Å². The maximum atomic E-state index is 9.15. The molecule has 0 heterocycles. The van der Waals surface area contributed by atoms with Crippen molar-refractivity contribution in [3.63, 3.8) is 0 Å². The van der Waals surface area contributed by atoms with E-state index in [-0.39, 0.29) is 6.61 Å². The minimum atomic E-state index is 0.155. The zero-order valence-corrected chi connectivity index (χ0v) is 10.2. The standard InChI is InChI=1S/C13H20N2O2/c1-17-11-5-6-13(12(14)9-11)15(7-8-16)10-3-2-4-10/h5-6,9-10,16H,2-4,7-8,14H2,1H3. The van der Waals surface area contributed by atoms with Gasteiger partial charge in [0.15, 0.2) is 0 Å². The summed E-state index contributed by atoms with van der Waals surface area (Å²) in [6, 6.07) is 6.24. The van der Waals surface area contributed by atoms with Crippen molar-refractivity contribution in [3.05, 3.63) is 18.2 Å². The third-order valence-corrected chi connectivity index (χ3v) is 3.40. The number of nitrogens with two attached hydrogens (primary N) is 1. The van der Waals surface area contributed by atoms with Gasteiger partial charge in [-0.05, 0) is 31.4 Å². The lowest BCUT2D eigenvalue weighted by atomic mass is 9.91. The van der Waals surface area contributed by atoms with Crippen molar-refractivity contribution in [2.75, 3.05) is 30.9 Å². The van der Waals surface area contributed by atoms with Gasteiger partial charge in [0.05, 0.1) is 25.1 Å². The Kier molecular flexibility index (Phi) is 3.74. The minimum Gasteiger partial charge on any atom is -0.497 e. The van der Waals surface area contributed by atoms with Crippen LogP contribution in [0.5, 0.6) is 5.75 Å². The van der Waals surface area contributed by atoms with E-state index in [1.807, 2.05) is 18.2 Å². The molecule has 1 aliphatic carbocycles. The molecule has 0 aliphatic heterocycles. The van der Waals surface area contributed by atoms with Crippen molar-refractivity contribution < 1.29 is 9.84 Å². The first kappa shape index (κ1) is 12.0. The highest BCUT2D eigenvalue weighted by Gasteiger charge is 2.25. The summed E-state index contributed by atoms with van der Waals surface area (Å²) >= 11 is 0. The SMILES string of the molecule is COc1ccc(N(CCO)C2CCC2)c(N)c1. The predicted molar refractivity (Wildman–Crippen MR) is 69.5 cm³/mol. The average molecular weight is 236 g/mol. The lowest BCUT2D eigenvalue weighted by molar-refractivity contribution is 0.284. The molecule has 0 amide bonds. The fraction of sp³-hybridized carbons (Fsp3) is 0.538. The Balaban J connectivity index is 2.22. The molecule has 17 heavy (non-hydrogen) atoms. The van der Waals surface area contributed by atoms with E-state index in [1.54, 1.807) is 7.11 Å². The third-order valence-electron chi connectivity index (χ3n) is 3.40. The van der Waals surface area contributed by atoms with Crippen LogP contribution >= 0.6 is 0 Å². The van der Waals surface area contributed by atoms with E-state index in [0.29, 0.717) is 18.3 Å². The lowest BCUT2D eigenvalue weighted by Gasteiger charge is -2.39. The maximum absolute atomic E-state index is 9.15. The topological polar surface area (TPSA) is 58.7 Å². The molecule has 2 rings (SSSR count). The van der Waals surface area contributed by atoms with Crippen LogP contribution in [-0.4, -0.2) is 31.4 Å². The Bertz CT molecular complexity index is 378. The summed E-state index contributed by atoms with van der Waals surface area (Å²) in [5.74, 6) is 0.767. The number of nitrogen functional groups attached to an aromatic ring is 1. The van der Waals surface area contributed by atoms with Gasteiger partial charge in [-0.15, -0.1) is 0 Å². The van der Waals surface area contributed by atoms with Gasteiger partial charge in [0.1, 0.15) is 5.75 Å². The molecule has 0 bridgehead atoms. The largest absolute Gasteiger partial charge is 0.497 e. The molecule has 94 valence electrons. The average Bonchev–Trinajstić information content (AvgIpc) is 2.26. The Labute approximate surface area is 102 Å². The first-order valence-corrected chi connectivity index (χ1v) is 6.07. The molecule has 3 N–H and O–H groups in total. The van der Waals surface area contributed by atoms with E-state index < -0.39 is 0 Å². The molecule has 1 aromatic carbocycles. The molecule has 1 aliphatic rings. The summed E-state index contributed by atoms with van der Waals surface area (Å²) in [5.41, 5.74) is 7.76. The molecular weight excluding hydrogens is 216 g/mol. The van der Waals surface area contributed by atoms with E-state index in [0.717, 1.165) is 11.4 Å². The molecule has 1 aromatic rings. The van der Waals surface area contributed by atoms with Crippen LogP contribution in [0.2, 0.25) is 0 Å². The van der Waals surface area contributed by atoms with Crippen LogP contribution in [0.1, 0.15) is 19.3 Å². The molecule has 0 spiro atoms. The molecular formula is C13H20N2O2. The number of ether oxygens (including phenoxy) is 1. The number of hydrogen-bond donors (Lipinski definition) is 2. The van der Waals surface area contributed by atoms with Crippen LogP contribution in [0.3, 0.4) is 0 Å². The van der Waals surface area contributed by atoms with Gasteiger partial charge in [-0.3, -0.25) is 0 Å². The van der Waals surface area contributed by atoms with Crippen molar-refractivity contribution in [3.8, 4) is 5.75 Å². The summed E-state index contributed by atoms with van der Waals surface area (Å²) < 4.78 is 5.14. The second-order valence-corrected chi connectivity index (χ2v) is 4.43. The summed E-state index contributed by atoms with van der Waals surface area (Å²) in [4.78, 5) is 2.21. The van der Waals surface area contributed by atoms with Crippen LogP contribution in [0.25, 0.3) is 0 Å². The Morgan fingerprint density at radius 2 is 2.24 bits per heavy atom. The van der Waals surface area contributed by atoms with E-state index in [1.165, 1.54) is 19.3 Å². The van der Waals surface area contributed by atoms with E-state index in [9.17, 15) is 0 Å². The van der Waals surface area contributed by atoms with Gasteiger partial charge in [-0.1, -0.05) is 0 Å². The zero-order valence-electron chi connectivity index (χ0n) is 10.2. The molecule has 0 aromatic heterocycles. The van der Waals surface area contributed by atoms with Gasteiger partial charge >= 0.3 is 0 Å². The molecule has 1 saturated carbocycles. The monoisotopic (exact) mass is 236 g/mol. The fourth-order valence-electron chi connectivity index (χ4n) is 2.23. The quantitative estimate of drug-likeness (QED) is 0.763. The van der Waals surface area contributed by atoms with E-state index in [4.69, 9.17) is 15.6 Å². The smallest absolute Gasteiger partial charge is 0.121 e. The Morgan fingerprint density at radius 3 is 2.71 bits per heavy atom. The van der Waals surface area contributed by atoms with Gasteiger partial charge in [0.25, 0.3) is 0 Å². The number of aliphatic hydroxyl groups is 1. The van der Waals surface area contributed by atoms with E-state index in [2.05, 4.69) is 4.90 Å². The van der Waals surface area contributed by atoms with Crippen LogP contribution in [0, 0.1) is 0 Å². The van der Waals surface area contributed by atoms with Crippen molar-refractivity contribution in [1.82, 2.24) is 0 Å². The first-order chi connectivity index (χ1) is 8.26. The highest BCUT2D eigenvalue weighted by Crippen LogP contribution is 2.34. The molecule has 0 unspecified atom stereocenters. The molecule has 0 saturated heterocycles. The summed E-state index contributed by atoms with van der Waals surface area (Å²) in [6.45, 7) is 0.795. The van der Waals surface area contributed by atoms with Gasteiger partial charge < -0.3 is 20.5 Å². The molecule has 0 radical (unpaired) electrons. The minimum absolute atomic E-state index is 0.155. The van der Waals surface area contributed by atoms with Gasteiger partial charge in [0, 0.05) is 18.7 Å². The second kappa shape index (κ2) is 5.27. The number of methoxy groups -OCH3 is 1. The highest BCUT2D eigenvalue weighted by atomic mass is 16.5. The number of anilines is 2. The van der Waals surface area contributed by atoms with Gasteiger partial charge in [0.2, 0.25) is 0 Å². The van der Waals surface area contributed by atoms with Gasteiger partial charge in [-0.25, -0.2) is 0 Å². The number of aliphatic hydroxyl groups excluding tert-OH is 1. The normalized spacial score (nSPS) is 15.4. The number of rotatable bonds is 5. The summed E-state index contributed by atoms with van der Waals surface area (Å²) in [7, 11) is 1.63. The Morgan fingerprint density at radius 1 is 1.47 bits per heavy atom. The summed E-state index contributed by atoms with van der Waals surface area (Å²) in [5, 5.41) is 9.15. The molecule has 4 nitrogen and oxygen atoms in total. The fourth-order valence-corrected chi connectivity index (χ4v) is 2.23. The highest BCUT2D eigenvalue weighted by molar-refractivity contribution is 5.70. The zero-order chi connectivity index (χ0) is 12.3. The van der Waals surface area contributed by atoms with Crippen molar-refractivity contribution in [1.29, 1.82) is 0 Å². The van der Waals surface area contributed by atoms with Crippen molar-refractivity contribution in [2.45, 2.75) is 25.3 Å². The Hall–Kier alpha value is -1.42. The van der Waals surface area contributed by atoms with Crippen LogP contribution in [0.15, 0.2) is 18.2 Å². The third kappa shape index (κ3) is 2.47. The first-order valence-electron chi connectivity index (χ1n) is 6.07. The lowest BCUT2D eigenvalue weighted by Crippen LogP contribution is -2.42. The summed E-state index contributed by atoms with van der Waals surface area (Å²) in [6.07, 6.45) is 3.64. The van der Waals surface area contributed by atoms with Crippen LogP contribution in [0.4, 0.5) is 11.4 Å². The second-order valence-electron chi connectivity index (χ2n) is 4.43. The molecule has 4 heteroatoms. The maximum Gasteiger partial charge on any atom is 0.121 e.